The lowest BCUT2D eigenvalue weighted by Crippen LogP contribution is -2.27. The van der Waals surface area contributed by atoms with E-state index in [2.05, 4.69) is 5.32 Å². The summed E-state index contributed by atoms with van der Waals surface area (Å²) in [5, 5.41) is 2.92. The summed E-state index contributed by atoms with van der Waals surface area (Å²) < 4.78 is 7.72. The molecule has 4 nitrogen and oxygen atoms in total. The van der Waals surface area contributed by atoms with E-state index in [9.17, 15) is 4.79 Å². The maximum Gasteiger partial charge on any atom is 0.251 e. The summed E-state index contributed by atoms with van der Waals surface area (Å²) >= 11 is 0. The van der Waals surface area contributed by atoms with Gasteiger partial charge in [-0.15, -0.1) is 0 Å². The zero-order valence-electron chi connectivity index (χ0n) is 13.5. The number of pyridine rings is 1. The van der Waals surface area contributed by atoms with Crippen LogP contribution in [0.5, 0.6) is 11.5 Å². The lowest BCUT2D eigenvalue weighted by atomic mass is 10.2. The van der Waals surface area contributed by atoms with Crippen LogP contribution in [0.4, 0.5) is 0 Å². The fourth-order valence-electron chi connectivity index (χ4n) is 2.26. The third kappa shape index (κ3) is 4.20. The molecule has 0 aliphatic carbocycles. The highest BCUT2D eigenvalue weighted by molar-refractivity contribution is 5.94. The molecule has 0 spiro atoms. The number of rotatable bonds is 5. The molecule has 1 aromatic heterocycles. The summed E-state index contributed by atoms with van der Waals surface area (Å²) in [6, 6.07) is 20.6. The van der Waals surface area contributed by atoms with Gasteiger partial charge >= 0.3 is 0 Å². The summed E-state index contributed by atoms with van der Waals surface area (Å²) in [7, 11) is 1.96. The number of carbonyl (C=O) groups is 1. The van der Waals surface area contributed by atoms with E-state index in [1.165, 1.54) is 0 Å². The van der Waals surface area contributed by atoms with Crippen molar-refractivity contribution in [3.63, 3.8) is 0 Å². The summed E-state index contributed by atoms with van der Waals surface area (Å²) in [6.07, 6.45) is 3.91. The Morgan fingerprint density at radius 2 is 1.67 bits per heavy atom. The normalized spacial score (nSPS) is 10.2. The number of nitrogens with one attached hydrogen (secondary N) is 1. The predicted molar refractivity (Wildman–Crippen MR) is 91.7 cm³/mol. The first-order chi connectivity index (χ1) is 11.7. The summed E-state index contributed by atoms with van der Waals surface area (Å²) in [6.45, 7) is 0.490. The molecule has 0 saturated carbocycles. The van der Waals surface area contributed by atoms with Crippen LogP contribution in [0.15, 0.2) is 79.1 Å². The van der Waals surface area contributed by atoms with Gasteiger partial charge in [0.1, 0.15) is 18.5 Å². The predicted octanol–water partition coefficient (Wildman–Crippen LogP) is 3.23. The van der Waals surface area contributed by atoms with Gasteiger partial charge < -0.3 is 10.1 Å². The molecule has 1 N–H and O–H groups in total. The number of ether oxygens (including phenoxy) is 1. The molecule has 0 saturated heterocycles. The van der Waals surface area contributed by atoms with Crippen LogP contribution in [0.1, 0.15) is 15.9 Å². The van der Waals surface area contributed by atoms with E-state index in [4.69, 9.17) is 4.74 Å². The highest BCUT2D eigenvalue weighted by atomic mass is 16.5. The second kappa shape index (κ2) is 7.42. The Balaban J connectivity index is 1.64. The molecule has 0 aliphatic rings. The fraction of sp³-hybridized carbons (Fsp3) is 0.100. The third-order valence-corrected chi connectivity index (χ3v) is 3.58. The van der Waals surface area contributed by atoms with Gasteiger partial charge in [0.2, 0.25) is 0 Å². The fourth-order valence-corrected chi connectivity index (χ4v) is 2.26. The van der Waals surface area contributed by atoms with Crippen molar-refractivity contribution in [1.29, 1.82) is 0 Å². The van der Waals surface area contributed by atoms with Gasteiger partial charge in [-0.2, -0.15) is 0 Å². The standard InChI is InChI=1S/C20H18N2O2/c1-22-12-10-16(11-13-22)15-21-20(23)17-6-5-9-19(14-17)24-18-7-3-2-4-8-18/h2-14H,15H2,1H3/p+1. The molecule has 1 amide bonds. The first kappa shape index (κ1) is 15.7. The maximum atomic E-state index is 12.3. The van der Waals surface area contributed by atoms with Gasteiger partial charge in [0, 0.05) is 24.2 Å². The van der Waals surface area contributed by atoms with E-state index in [1.807, 2.05) is 78.6 Å². The Kier molecular flexibility index (Phi) is 4.87. The van der Waals surface area contributed by atoms with Crippen molar-refractivity contribution < 1.29 is 14.1 Å². The van der Waals surface area contributed by atoms with Crippen molar-refractivity contribution >= 4 is 5.91 Å². The van der Waals surface area contributed by atoms with E-state index in [0.717, 1.165) is 11.3 Å². The number of aryl methyl sites for hydroxylation is 1. The van der Waals surface area contributed by atoms with Crippen LogP contribution in [-0.2, 0) is 13.6 Å². The van der Waals surface area contributed by atoms with Gasteiger partial charge in [0.25, 0.3) is 5.91 Å². The topological polar surface area (TPSA) is 42.2 Å². The minimum atomic E-state index is -0.123. The number of benzene rings is 2. The number of carbonyl (C=O) groups excluding carboxylic acids is 1. The number of hydrogen-bond acceptors (Lipinski definition) is 2. The third-order valence-electron chi connectivity index (χ3n) is 3.58. The van der Waals surface area contributed by atoms with Gasteiger partial charge in [0.15, 0.2) is 12.4 Å². The minimum Gasteiger partial charge on any atom is -0.457 e. The SMILES string of the molecule is C[n+]1ccc(CNC(=O)c2cccc(Oc3ccccc3)c2)cc1. The van der Waals surface area contributed by atoms with E-state index >= 15 is 0 Å². The molecule has 4 heteroatoms. The van der Waals surface area contributed by atoms with Crippen molar-refractivity contribution in [1.82, 2.24) is 5.32 Å². The second-order valence-electron chi connectivity index (χ2n) is 5.50. The molecular weight excluding hydrogens is 300 g/mol. The first-order valence-electron chi connectivity index (χ1n) is 7.76. The molecule has 0 aliphatic heterocycles. The van der Waals surface area contributed by atoms with Crippen LogP contribution < -0.4 is 14.6 Å². The summed E-state index contributed by atoms with van der Waals surface area (Å²) in [5.74, 6) is 1.26. The van der Waals surface area contributed by atoms with Gasteiger partial charge in [-0.1, -0.05) is 24.3 Å². The van der Waals surface area contributed by atoms with Gasteiger partial charge in [-0.05, 0) is 35.9 Å². The molecule has 24 heavy (non-hydrogen) atoms. The van der Waals surface area contributed by atoms with E-state index in [-0.39, 0.29) is 5.91 Å². The molecule has 0 bridgehead atoms. The Labute approximate surface area is 141 Å². The lowest BCUT2D eigenvalue weighted by molar-refractivity contribution is -0.671. The number of nitrogens with zero attached hydrogens (tertiary/aromatic N) is 1. The molecule has 0 fully saturated rings. The number of hydrogen-bond donors (Lipinski definition) is 1. The Morgan fingerprint density at radius 1 is 0.958 bits per heavy atom. The maximum absolute atomic E-state index is 12.3. The molecule has 120 valence electrons. The van der Waals surface area contributed by atoms with Crippen LogP contribution in [0.3, 0.4) is 0 Å². The summed E-state index contributed by atoms with van der Waals surface area (Å²) in [4.78, 5) is 12.3. The van der Waals surface area contributed by atoms with Crippen molar-refractivity contribution in [2.45, 2.75) is 6.54 Å². The minimum absolute atomic E-state index is 0.123. The number of amides is 1. The van der Waals surface area contributed by atoms with Gasteiger partial charge in [-0.3, -0.25) is 4.79 Å². The van der Waals surface area contributed by atoms with Crippen LogP contribution in [0.2, 0.25) is 0 Å². The Hall–Kier alpha value is -3.14. The first-order valence-corrected chi connectivity index (χ1v) is 7.76. The van der Waals surface area contributed by atoms with E-state index in [1.54, 1.807) is 12.1 Å². The monoisotopic (exact) mass is 319 g/mol. The molecule has 1 heterocycles. The van der Waals surface area contributed by atoms with Crippen LogP contribution in [0, 0.1) is 0 Å². The average molecular weight is 319 g/mol. The van der Waals surface area contributed by atoms with Crippen LogP contribution in [-0.4, -0.2) is 5.91 Å². The Morgan fingerprint density at radius 3 is 2.42 bits per heavy atom. The van der Waals surface area contributed by atoms with Crippen LogP contribution in [0.25, 0.3) is 0 Å². The Bertz CT molecular complexity index is 815. The smallest absolute Gasteiger partial charge is 0.251 e. The van der Waals surface area contributed by atoms with E-state index < -0.39 is 0 Å². The van der Waals surface area contributed by atoms with E-state index in [0.29, 0.717) is 17.9 Å². The zero-order valence-corrected chi connectivity index (χ0v) is 13.5. The van der Waals surface area contributed by atoms with Gasteiger partial charge in [0.05, 0.1) is 0 Å². The molecular formula is C20H19N2O2+. The van der Waals surface area contributed by atoms with Crippen LogP contribution >= 0.6 is 0 Å². The average Bonchev–Trinajstić information content (AvgIpc) is 2.62. The quantitative estimate of drug-likeness (QED) is 0.734. The molecule has 0 radical (unpaired) electrons. The number of aromatic nitrogens is 1. The summed E-state index contributed by atoms with van der Waals surface area (Å²) in [5.41, 5.74) is 1.63. The van der Waals surface area contributed by atoms with Crippen molar-refractivity contribution in [3.8, 4) is 11.5 Å². The largest absolute Gasteiger partial charge is 0.457 e. The highest BCUT2D eigenvalue weighted by Crippen LogP contribution is 2.21. The highest BCUT2D eigenvalue weighted by Gasteiger charge is 2.07. The lowest BCUT2D eigenvalue weighted by Gasteiger charge is -2.08. The molecule has 2 aromatic carbocycles. The zero-order chi connectivity index (χ0) is 16.8. The van der Waals surface area contributed by atoms with Gasteiger partial charge in [-0.25, -0.2) is 4.57 Å². The van der Waals surface area contributed by atoms with Crippen molar-refractivity contribution in [3.05, 3.63) is 90.3 Å². The number of para-hydroxylation sites is 1. The second-order valence-corrected chi connectivity index (χ2v) is 5.50. The molecule has 0 atom stereocenters. The molecule has 0 unspecified atom stereocenters. The molecule has 3 aromatic rings. The molecule has 3 rings (SSSR count). The van der Waals surface area contributed by atoms with Crippen molar-refractivity contribution in [2.24, 2.45) is 7.05 Å². The van der Waals surface area contributed by atoms with Crippen molar-refractivity contribution in [2.75, 3.05) is 0 Å².